The lowest BCUT2D eigenvalue weighted by molar-refractivity contribution is 0.0527. The fraction of sp³-hybridized carbons (Fsp3) is 0.368. The number of benzene rings is 1. The number of hydrogen-bond acceptors (Lipinski definition) is 7. The quantitative estimate of drug-likeness (QED) is 0.687. The Morgan fingerprint density at radius 2 is 1.93 bits per heavy atom. The Balaban J connectivity index is 2.17. The molecule has 0 saturated carbocycles. The molecule has 144 valence electrons. The summed E-state index contributed by atoms with van der Waals surface area (Å²) in [6.07, 6.45) is 0. The molecule has 0 aliphatic carbocycles. The van der Waals surface area contributed by atoms with Crippen molar-refractivity contribution in [2.45, 2.75) is 13.8 Å². The van der Waals surface area contributed by atoms with Gasteiger partial charge in [-0.2, -0.15) is 0 Å². The number of nitrogens with one attached hydrogen (secondary N) is 2. The molecular formula is C19H25N5O3. The van der Waals surface area contributed by atoms with Crippen molar-refractivity contribution in [1.29, 1.82) is 0 Å². The molecule has 0 aliphatic heterocycles. The molecule has 2 N–H and O–H groups in total. The van der Waals surface area contributed by atoms with E-state index in [4.69, 9.17) is 4.74 Å². The molecule has 0 unspecified atom stereocenters. The molecule has 8 nitrogen and oxygen atoms in total. The van der Waals surface area contributed by atoms with Crippen LogP contribution in [0.3, 0.4) is 0 Å². The molecule has 1 aromatic heterocycles. The summed E-state index contributed by atoms with van der Waals surface area (Å²) in [6.45, 7) is 5.23. The van der Waals surface area contributed by atoms with Crippen LogP contribution in [-0.2, 0) is 4.74 Å². The summed E-state index contributed by atoms with van der Waals surface area (Å²) in [4.78, 5) is 35.2. The zero-order valence-corrected chi connectivity index (χ0v) is 16.1. The van der Waals surface area contributed by atoms with Gasteiger partial charge >= 0.3 is 5.97 Å². The zero-order valence-electron chi connectivity index (χ0n) is 16.1. The Morgan fingerprint density at radius 3 is 2.63 bits per heavy atom. The van der Waals surface area contributed by atoms with Crippen molar-refractivity contribution in [3.05, 3.63) is 47.4 Å². The molecule has 2 aromatic rings. The molecule has 0 aliphatic rings. The average molecular weight is 371 g/mol. The van der Waals surface area contributed by atoms with Gasteiger partial charge in [0.2, 0.25) is 0 Å². The van der Waals surface area contributed by atoms with Crippen molar-refractivity contribution in [1.82, 2.24) is 14.9 Å². The van der Waals surface area contributed by atoms with Crippen LogP contribution in [0.4, 0.5) is 11.5 Å². The Bertz CT molecular complexity index is 808. The van der Waals surface area contributed by atoms with Gasteiger partial charge in [0.15, 0.2) is 0 Å². The van der Waals surface area contributed by atoms with Crippen molar-refractivity contribution in [3.63, 3.8) is 0 Å². The molecule has 27 heavy (non-hydrogen) atoms. The zero-order chi connectivity index (χ0) is 19.8. The largest absolute Gasteiger partial charge is 0.462 e. The average Bonchev–Trinajstić information content (AvgIpc) is 2.61. The summed E-state index contributed by atoms with van der Waals surface area (Å²) >= 11 is 0. The number of likely N-dealkylation sites (N-methyl/N-ethyl adjacent to an activating group) is 1. The van der Waals surface area contributed by atoms with Gasteiger partial charge in [0.05, 0.1) is 17.9 Å². The van der Waals surface area contributed by atoms with Gasteiger partial charge in [-0.05, 0) is 40.1 Å². The van der Waals surface area contributed by atoms with Crippen molar-refractivity contribution in [3.8, 4) is 0 Å². The normalized spacial score (nSPS) is 10.6. The van der Waals surface area contributed by atoms with Gasteiger partial charge in [-0.15, -0.1) is 0 Å². The van der Waals surface area contributed by atoms with Crippen LogP contribution in [-0.4, -0.2) is 60.5 Å². The second-order valence-corrected chi connectivity index (χ2v) is 6.14. The summed E-state index contributed by atoms with van der Waals surface area (Å²) in [6, 6.07) is 8.29. The second-order valence-electron chi connectivity index (χ2n) is 6.14. The van der Waals surface area contributed by atoms with E-state index in [0.717, 1.165) is 6.54 Å². The highest BCUT2D eigenvalue weighted by Gasteiger charge is 2.16. The third-order valence-corrected chi connectivity index (χ3v) is 3.61. The SMILES string of the molecule is CCOC(=O)c1ccccc1NC(=O)c1cc(NCCN(C)C)nc(C)n1. The summed E-state index contributed by atoms with van der Waals surface area (Å²) in [5, 5.41) is 5.90. The summed E-state index contributed by atoms with van der Waals surface area (Å²) in [5.74, 6) is 0.146. The summed E-state index contributed by atoms with van der Waals surface area (Å²) in [7, 11) is 3.96. The smallest absolute Gasteiger partial charge is 0.340 e. The first kappa shape index (κ1) is 20.3. The van der Waals surface area contributed by atoms with Crippen LogP contribution >= 0.6 is 0 Å². The van der Waals surface area contributed by atoms with E-state index in [-0.39, 0.29) is 12.3 Å². The lowest BCUT2D eigenvalue weighted by atomic mass is 10.1. The molecule has 0 atom stereocenters. The number of esters is 1. The number of para-hydroxylation sites is 1. The lowest BCUT2D eigenvalue weighted by Crippen LogP contribution is -2.22. The fourth-order valence-electron chi connectivity index (χ4n) is 2.35. The highest BCUT2D eigenvalue weighted by Crippen LogP contribution is 2.18. The molecule has 0 saturated heterocycles. The second kappa shape index (κ2) is 9.63. The first-order chi connectivity index (χ1) is 12.9. The van der Waals surface area contributed by atoms with E-state index in [1.54, 1.807) is 44.2 Å². The van der Waals surface area contributed by atoms with Crippen LogP contribution in [0.5, 0.6) is 0 Å². The van der Waals surface area contributed by atoms with Gasteiger partial charge in [0.1, 0.15) is 17.3 Å². The minimum atomic E-state index is -0.488. The monoisotopic (exact) mass is 371 g/mol. The lowest BCUT2D eigenvalue weighted by Gasteiger charge is -2.13. The van der Waals surface area contributed by atoms with E-state index < -0.39 is 11.9 Å². The maximum Gasteiger partial charge on any atom is 0.340 e. The van der Waals surface area contributed by atoms with Crippen molar-refractivity contribution >= 4 is 23.4 Å². The molecule has 0 spiro atoms. The molecule has 1 aromatic carbocycles. The fourth-order valence-corrected chi connectivity index (χ4v) is 2.35. The predicted molar refractivity (Wildman–Crippen MR) is 104 cm³/mol. The number of amides is 1. The number of hydrogen-bond donors (Lipinski definition) is 2. The molecule has 2 rings (SSSR count). The van der Waals surface area contributed by atoms with Gasteiger partial charge < -0.3 is 20.3 Å². The van der Waals surface area contributed by atoms with Crippen LogP contribution in [0.1, 0.15) is 33.6 Å². The van der Waals surface area contributed by atoms with Gasteiger partial charge in [0, 0.05) is 19.2 Å². The summed E-state index contributed by atoms with van der Waals surface area (Å²) < 4.78 is 5.03. The molecule has 0 radical (unpaired) electrons. The number of carbonyl (C=O) groups excluding carboxylic acids is 2. The number of aromatic nitrogens is 2. The summed E-state index contributed by atoms with van der Waals surface area (Å²) in [5.41, 5.74) is 0.885. The molecular weight excluding hydrogens is 346 g/mol. The Labute approximate surface area is 159 Å². The minimum Gasteiger partial charge on any atom is -0.462 e. The number of rotatable bonds is 8. The molecule has 1 heterocycles. The number of anilines is 2. The van der Waals surface area contributed by atoms with Crippen LogP contribution in [0, 0.1) is 6.92 Å². The van der Waals surface area contributed by atoms with Crippen LogP contribution in [0.15, 0.2) is 30.3 Å². The predicted octanol–water partition coefficient (Wildman–Crippen LogP) is 2.19. The Morgan fingerprint density at radius 1 is 1.19 bits per heavy atom. The topological polar surface area (TPSA) is 96.4 Å². The van der Waals surface area contributed by atoms with Crippen molar-refractivity contribution < 1.29 is 14.3 Å². The number of aryl methyl sites for hydroxylation is 1. The first-order valence-corrected chi connectivity index (χ1v) is 8.72. The standard InChI is InChI=1S/C19H25N5O3/c1-5-27-19(26)14-8-6-7-9-15(14)23-18(25)16-12-17(22-13(2)21-16)20-10-11-24(3)4/h6-9,12H,5,10-11H2,1-4H3,(H,23,25)(H,20,21,22). The third-order valence-electron chi connectivity index (χ3n) is 3.61. The maximum atomic E-state index is 12.6. The van der Waals surface area contributed by atoms with Gasteiger partial charge in [-0.1, -0.05) is 12.1 Å². The highest BCUT2D eigenvalue weighted by atomic mass is 16.5. The van der Waals surface area contributed by atoms with Crippen LogP contribution in [0.25, 0.3) is 0 Å². The van der Waals surface area contributed by atoms with E-state index in [2.05, 4.69) is 20.6 Å². The number of nitrogens with zero attached hydrogens (tertiary/aromatic N) is 3. The third kappa shape index (κ3) is 6.03. The van der Waals surface area contributed by atoms with E-state index in [1.807, 2.05) is 19.0 Å². The number of ether oxygens (including phenoxy) is 1. The van der Waals surface area contributed by atoms with Gasteiger partial charge in [-0.25, -0.2) is 14.8 Å². The van der Waals surface area contributed by atoms with E-state index >= 15 is 0 Å². The Kier molecular flexibility index (Phi) is 7.25. The minimum absolute atomic E-state index is 0.216. The molecule has 8 heteroatoms. The van der Waals surface area contributed by atoms with Crippen LogP contribution < -0.4 is 10.6 Å². The van der Waals surface area contributed by atoms with Crippen molar-refractivity contribution in [2.24, 2.45) is 0 Å². The van der Waals surface area contributed by atoms with E-state index in [0.29, 0.717) is 29.4 Å². The van der Waals surface area contributed by atoms with Crippen LogP contribution in [0.2, 0.25) is 0 Å². The first-order valence-electron chi connectivity index (χ1n) is 8.72. The molecule has 0 bridgehead atoms. The van der Waals surface area contributed by atoms with Gasteiger partial charge in [0.25, 0.3) is 5.91 Å². The maximum absolute atomic E-state index is 12.6. The van der Waals surface area contributed by atoms with E-state index in [1.165, 1.54) is 0 Å². The molecule has 1 amide bonds. The van der Waals surface area contributed by atoms with Gasteiger partial charge in [-0.3, -0.25) is 4.79 Å². The highest BCUT2D eigenvalue weighted by molar-refractivity contribution is 6.07. The number of carbonyl (C=O) groups is 2. The van der Waals surface area contributed by atoms with Crippen molar-refractivity contribution in [2.75, 3.05) is 44.4 Å². The Hall–Kier alpha value is -3.00. The molecule has 0 fully saturated rings. The van der Waals surface area contributed by atoms with E-state index in [9.17, 15) is 9.59 Å².